The third-order valence-corrected chi connectivity index (χ3v) is 6.49. The van der Waals surface area contributed by atoms with Crippen molar-refractivity contribution in [2.45, 2.75) is 25.6 Å². The molecule has 7 heteroatoms. The molecule has 6 nitrogen and oxygen atoms in total. The normalized spacial score (nSPS) is 11.0. The average Bonchev–Trinajstić information content (AvgIpc) is 2.78. The number of para-hydroxylation sites is 1. The lowest BCUT2D eigenvalue weighted by molar-refractivity contribution is -0.115. The molecule has 0 unspecified atom stereocenters. The highest BCUT2D eigenvalue weighted by Crippen LogP contribution is 2.16. The van der Waals surface area contributed by atoms with Crippen LogP contribution in [0.2, 0.25) is 0 Å². The Hall–Kier alpha value is -3.45. The van der Waals surface area contributed by atoms with Gasteiger partial charge in [-0.05, 0) is 30.2 Å². The molecule has 0 spiro atoms. The molecule has 0 heterocycles. The number of hydrogen-bond donors (Lipinski definition) is 2. The fraction of sp³-hybridized carbons (Fsp3) is 0.200. The van der Waals surface area contributed by atoms with Crippen LogP contribution in [0, 0.1) is 6.92 Å². The van der Waals surface area contributed by atoms with Gasteiger partial charge in [-0.25, -0.2) is 8.42 Å². The van der Waals surface area contributed by atoms with Gasteiger partial charge in [0.2, 0.25) is 5.91 Å². The summed E-state index contributed by atoms with van der Waals surface area (Å²) in [5, 5.41) is 5.52. The molecule has 3 rings (SSSR count). The zero-order valence-electron chi connectivity index (χ0n) is 17.9. The Morgan fingerprint density at radius 2 is 1.47 bits per heavy atom. The van der Waals surface area contributed by atoms with Gasteiger partial charge in [0.15, 0.2) is 9.84 Å². The molecule has 3 aromatic rings. The van der Waals surface area contributed by atoms with Crippen LogP contribution in [-0.2, 0) is 26.9 Å². The van der Waals surface area contributed by atoms with Crippen LogP contribution < -0.4 is 10.6 Å². The van der Waals surface area contributed by atoms with Gasteiger partial charge in [-0.15, -0.1) is 0 Å². The molecule has 0 aliphatic rings. The maximum absolute atomic E-state index is 12.6. The van der Waals surface area contributed by atoms with Crippen molar-refractivity contribution in [3.05, 3.63) is 101 Å². The van der Waals surface area contributed by atoms with Crippen molar-refractivity contribution in [1.29, 1.82) is 0 Å². The van der Waals surface area contributed by atoms with E-state index in [1.165, 1.54) is 0 Å². The molecule has 166 valence electrons. The first-order valence-corrected chi connectivity index (χ1v) is 12.1. The van der Waals surface area contributed by atoms with Crippen molar-refractivity contribution in [3.8, 4) is 0 Å². The molecule has 2 amide bonds. The standard InChI is InChI=1S/C25H26N2O4S/c1-19-11-13-20(14-12-19)17-26-25(29)22-9-5-6-10-23(22)27-24(28)15-16-32(30,31)18-21-7-3-2-4-8-21/h2-14H,15-18H2,1H3,(H,26,29)(H,27,28). The third kappa shape index (κ3) is 7.06. The summed E-state index contributed by atoms with van der Waals surface area (Å²) < 4.78 is 24.7. The molecule has 0 saturated heterocycles. The van der Waals surface area contributed by atoms with Gasteiger partial charge in [-0.1, -0.05) is 72.3 Å². The highest BCUT2D eigenvalue weighted by atomic mass is 32.2. The number of aryl methyl sites for hydroxylation is 1. The Kier molecular flexibility index (Phi) is 7.78. The van der Waals surface area contributed by atoms with Gasteiger partial charge in [0.05, 0.1) is 22.8 Å². The Morgan fingerprint density at radius 1 is 0.812 bits per heavy atom. The lowest BCUT2D eigenvalue weighted by Crippen LogP contribution is -2.25. The van der Waals surface area contributed by atoms with Gasteiger partial charge < -0.3 is 10.6 Å². The average molecular weight is 451 g/mol. The summed E-state index contributed by atoms with van der Waals surface area (Å²) in [6.45, 7) is 2.35. The van der Waals surface area contributed by atoms with Crippen LogP contribution in [0.5, 0.6) is 0 Å². The Morgan fingerprint density at radius 3 is 2.19 bits per heavy atom. The Labute approximate surface area is 188 Å². The van der Waals surface area contributed by atoms with Crippen molar-refractivity contribution in [1.82, 2.24) is 5.32 Å². The summed E-state index contributed by atoms with van der Waals surface area (Å²) in [4.78, 5) is 25.0. The minimum absolute atomic E-state index is 0.112. The van der Waals surface area contributed by atoms with Crippen molar-refractivity contribution in [2.24, 2.45) is 0 Å². The van der Waals surface area contributed by atoms with Crippen molar-refractivity contribution in [3.63, 3.8) is 0 Å². The van der Waals surface area contributed by atoms with Crippen molar-refractivity contribution >= 4 is 27.3 Å². The first kappa shape index (κ1) is 23.2. The van der Waals surface area contributed by atoms with E-state index in [9.17, 15) is 18.0 Å². The second kappa shape index (κ2) is 10.7. The van der Waals surface area contributed by atoms with Crippen LogP contribution in [0.3, 0.4) is 0 Å². The van der Waals surface area contributed by atoms with E-state index in [0.717, 1.165) is 11.1 Å². The maximum atomic E-state index is 12.6. The number of anilines is 1. The van der Waals surface area contributed by atoms with Gasteiger partial charge in [-0.2, -0.15) is 0 Å². The van der Waals surface area contributed by atoms with Gasteiger partial charge in [-0.3, -0.25) is 9.59 Å². The van der Waals surface area contributed by atoms with Gasteiger partial charge in [0.25, 0.3) is 5.91 Å². The van der Waals surface area contributed by atoms with E-state index in [-0.39, 0.29) is 23.8 Å². The quantitative estimate of drug-likeness (QED) is 0.518. The van der Waals surface area contributed by atoms with Crippen LogP contribution in [0.15, 0.2) is 78.9 Å². The summed E-state index contributed by atoms with van der Waals surface area (Å²) in [6.07, 6.45) is -0.186. The number of hydrogen-bond acceptors (Lipinski definition) is 4. The van der Waals surface area contributed by atoms with Crippen LogP contribution in [0.25, 0.3) is 0 Å². The minimum atomic E-state index is -3.43. The van der Waals surface area contributed by atoms with Crippen LogP contribution in [0.4, 0.5) is 5.69 Å². The number of sulfone groups is 1. The molecule has 0 atom stereocenters. The lowest BCUT2D eigenvalue weighted by atomic mass is 10.1. The number of carbonyl (C=O) groups excluding carboxylic acids is 2. The smallest absolute Gasteiger partial charge is 0.253 e. The van der Waals surface area contributed by atoms with Gasteiger partial charge in [0, 0.05) is 13.0 Å². The molecule has 0 fully saturated rings. The zero-order chi connectivity index (χ0) is 23.0. The second-order valence-electron chi connectivity index (χ2n) is 7.59. The molecular weight excluding hydrogens is 424 g/mol. The zero-order valence-corrected chi connectivity index (χ0v) is 18.7. The largest absolute Gasteiger partial charge is 0.348 e. The Balaban J connectivity index is 1.57. The highest BCUT2D eigenvalue weighted by Gasteiger charge is 2.17. The number of amides is 2. The number of rotatable bonds is 9. The number of carbonyl (C=O) groups is 2. The lowest BCUT2D eigenvalue weighted by Gasteiger charge is -2.12. The monoisotopic (exact) mass is 450 g/mol. The summed E-state index contributed by atoms with van der Waals surface area (Å²) in [5.41, 5.74) is 3.45. The fourth-order valence-corrected chi connectivity index (χ4v) is 4.48. The molecular formula is C25H26N2O4S. The van der Waals surface area contributed by atoms with E-state index in [4.69, 9.17) is 0 Å². The summed E-state index contributed by atoms with van der Waals surface area (Å²) in [5.74, 6) is -1.16. The topological polar surface area (TPSA) is 92.3 Å². The van der Waals surface area contributed by atoms with Crippen LogP contribution in [0.1, 0.15) is 33.5 Å². The van der Waals surface area contributed by atoms with E-state index >= 15 is 0 Å². The second-order valence-corrected chi connectivity index (χ2v) is 9.77. The first-order chi connectivity index (χ1) is 15.3. The summed E-state index contributed by atoms with van der Waals surface area (Å²) in [6, 6.07) is 23.3. The summed E-state index contributed by atoms with van der Waals surface area (Å²) >= 11 is 0. The summed E-state index contributed by atoms with van der Waals surface area (Å²) in [7, 11) is -3.43. The molecule has 0 bridgehead atoms. The maximum Gasteiger partial charge on any atom is 0.253 e. The molecule has 0 radical (unpaired) electrons. The predicted molar refractivity (Wildman–Crippen MR) is 126 cm³/mol. The van der Waals surface area contributed by atoms with E-state index in [0.29, 0.717) is 23.4 Å². The van der Waals surface area contributed by atoms with Crippen molar-refractivity contribution < 1.29 is 18.0 Å². The highest BCUT2D eigenvalue weighted by molar-refractivity contribution is 7.90. The number of benzene rings is 3. The SMILES string of the molecule is Cc1ccc(CNC(=O)c2ccccc2NC(=O)CCS(=O)(=O)Cc2ccccc2)cc1. The van der Waals surface area contributed by atoms with Crippen LogP contribution in [-0.4, -0.2) is 26.0 Å². The molecule has 3 aromatic carbocycles. The van der Waals surface area contributed by atoms with Gasteiger partial charge in [0.1, 0.15) is 0 Å². The molecule has 0 aliphatic carbocycles. The molecule has 0 aromatic heterocycles. The third-order valence-electron chi connectivity index (χ3n) is 4.89. The molecule has 0 aliphatic heterocycles. The minimum Gasteiger partial charge on any atom is -0.348 e. The van der Waals surface area contributed by atoms with Crippen molar-refractivity contribution in [2.75, 3.05) is 11.1 Å². The van der Waals surface area contributed by atoms with Gasteiger partial charge >= 0.3 is 0 Å². The van der Waals surface area contributed by atoms with Crippen LogP contribution >= 0.6 is 0 Å². The molecule has 2 N–H and O–H groups in total. The fourth-order valence-electron chi connectivity index (χ4n) is 3.13. The first-order valence-electron chi connectivity index (χ1n) is 10.3. The molecule has 32 heavy (non-hydrogen) atoms. The Bertz CT molecular complexity index is 1170. The van der Waals surface area contributed by atoms with E-state index in [2.05, 4.69) is 10.6 Å². The van der Waals surface area contributed by atoms with E-state index in [1.54, 1.807) is 48.5 Å². The predicted octanol–water partition coefficient (Wildman–Crippen LogP) is 3.87. The number of nitrogens with one attached hydrogen (secondary N) is 2. The van der Waals surface area contributed by atoms with E-state index in [1.807, 2.05) is 37.3 Å². The van der Waals surface area contributed by atoms with E-state index < -0.39 is 15.7 Å². The molecule has 0 saturated carbocycles.